The average molecular weight is 326 g/mol. The zero-order chi connectivity index (χ0) is 15.0. The van der Waals surface area contributed by atoms with Crippen LogP contribution >= 0.6 is 12.4 Å². The molecule has 22 heavy (non-hydrogen) atoms. The molecular weight excluding hydrogens is 306 g/mol. The SMILES string of the molecule is Cc1cc([N+](=O)[O-])ccc1C(=O)N1CCC2(CCNC2)C1.Cl. The molecule has 6 nitrogen and oxygen atoms in total. The fourth-order valence-corrected chi connectivity index (χ4v) is 3.42. The van der Waals surface area contributed by atoms with Crippen LogP contribution in [0.4, 0.5) is 5.69 Å². The molecular formula is C15H20ClN3O3. The summed E-state index contributed by atoms with van der Waals surface area (Å²) in [5.74, 6) is -0.00817. The number of carbonyl (C=O) groups excluding carboxylic acids is 1. The minimum absolute atomic E-state index is 0. The molecule has 120 valence electrons. The molecule has 0 aromatic heterocycles. The van der Waals surface area contributed by atoms with Gasteiger partial charge in [0, 0.05) is 42.7 Å². The summed E-state index contributed by atoms with van der Waals surface area (Å²) in [7, 11) is 0. The molecule has 1 amide bonds. The van der Waals surface area contributed by atoms with Gasteiger partial charge in [0.25, 0.3) is 11.6 Å². The number of benzene rings is 1. The third-order valence-corrected chi connectivity index (χ3v) is 4.71. The van der Waals surface area contributed by atoms with Crippen molar-refractivity contribution in [2.75, 3.05) is 26.2 Å². The minimum atomic E-state index is -0.434. The van der Waals surface area contributed by atoms with Crippen LogP contribution in [0.2, 0.25) is 0 Å². The fraction of sp³-hybridized carbons (Fsp3) is 0.533. The second kappa shape index (κ2) is 6.22. The highest BCUT2D eigenvalue weighted by atomic mass is 35.5. The smallest absolute Gasteiger partial charge is 0.269 e. The van der Waals surface area contributed by atoms with Crippen molar-refractivity contribution in [3.8, 4) is 0 Å². The lowest BCUT2D eigenvalue weighted by Gasteiger charge is -2.23. The van der Waals surface area contributed by atoms with Crippen LogP contribution in [0.25, 0.3) is 0 Å². The first-order chi connectivity index (χ1) is 10.0. The van der Waals surface area contributed by atoms with Crippen molar-refractivity contribution in [3.63, 3.8) is 0 Å². The average Bonchev–Trinajstić information content (AvgIpc) is 3.09. The van der Waals surface area contributed by atoms with Gasteiger partial charge in [0.1, 0.15) is 0 Å². The van der Waals surface area contributed by atoms with Crippen molar-refractivity contribution in [1.29, 1.82) is 0 Å². The standard InChI is InChI=1S/C15H19N3O3.ClH/c1-11-8-12(18(20)21)2-3-13(11)14(19)17-7-5-15(10-17)4-6-16-9-15;/h2-3,8,16H,4-7,9-10H2,1H3;1H. The Morgan fingerprint density at radius 1 is 1.41 bits per heavy atom. The zero-order valence-corrected chi connectivity index (χ0v) is 13.3. The molecule has 1 aromatic carbocycles. The van der Waals surface area contributed by atoms with Gasteiger partial charge in [0.2, 0.25) is 0 Å². The number of hydrogen-bond donors (Lipinski definition) is 1. The predicted molar refractivity (Wildman–Crippen MR) is 85.5 cm³/mol. The number of aryl methyl sites for hydroxylation is 1. The number of halogens is 1. The van der Waals surface area contributed by atoms with Crippen molar-refractivity contribution < 1.29 is 9.72 Å². The topological polar surface area (TPSA) is 75.5 Å². The van der Waals surface area contributed by atoms with Gasteiger partial charge in [-0.15, -0.1) is 12.4 Å². The van der Waals surface area contributed by atoms with E-state index < -0.39 is 4.92 Å². The normalized spacial score (nSPS) is 23.6. The fourth-order valence-electron chi connectivity index (χ4n) is 3.42. The van der Waals surface area contributed by atoms with E-state index in [4.69, 9.17) is 0 Å². The Hall–Kier alpha value is -1.66. The zero-order valence-electron chi connectivity index (χ0n) is 12.5. The Balaban J connectivity index is 0.00000176. The maximum Gasteiger partial charge on any atom is 0.269 e. The maximum absolute atomic E-state index is 12.6. The van der Waals surface area contributed by atoms with Gasteiger partial charge in [-0.25, -0.2) is 0 Å². The Labute approximate surface area is 135 Å². The number of nitrogens with zero attached hydrogens (tertiary/aromatic N) is 2. The Kier molecular flexibility index (Phi) is 4.72. The summed E-state index contributed by atoms with van der Waals surface area (Å²) in [6, 6.07) is 4.45. The van der Waals surface area contributed by atoms with Gasteiger partial charge in [-0.2, -0.15) is 0 Å². The Morgan fingerprint density at radius 2 is 2.18 bits per heavy atom. The van der Waals surface area contributed by atoms with Crippen LogP contribution in [0.3, 0.4) is 0 Å². The molecule has 7 heteroatoms. The van der Waals surface area contributed by atoms with Crippen molar-refractivity contribution in [2.45, 2.75) is 19.8 Å². The van der Waals surface area contributed by atoms with E-state index in [2.05, 4.69) is 5.32 Å². The molecule has 2 aliphatic rings. The number of nitro groups is 1. The van der Waals surface area contributed by atoms with Gasteiger partial charge in [-0.1, -0.05) is 0 Å². The third-order valence-electron chi connectivity index (χ3n) is 4.71. The number of rotatable bonds is 2. The van der Waals surface area contributed by atoms with Crippen molar-refractivity contribution in [3.05, 3.63) is 39.4 Å². The molecule has 2 fully saturated rings. The van der Waals surface area contributed by atoms with Crippen molar-refractivity contribution >= 4 is 24.0 Å². The van der Waals surface area contributed by atoms with Crippen LogP contribution in [-0.4, -0.2) is 41.9 Å². The van der Waals surface area contributed by atoms with Crippen LogP contribution in [0.1, 0.15) is 28.8 Å². The largest absolute Gasteiger partial charge is 0.338 e. The number of non-ortho nitro benzene ring substituents is 1. The molecule has 0 bridgehead atoms. The highest BCUT2D eigenvalue weighted by Crippen LogP contribution is 2.36. The first-order valence-electron chi connectivity index (χ1n) is 7.26. The number of hydrogen-bond acceptors (Lipinski definition) is 4. The Bertz CT molecular complexity index is 600. The summed E-state index contributed by atoms with van der Waals surface area (Å²) in [6.07, 6.45) is 2.16. The number of carbonyl (C=O) groups is 1. The number of nitro benzene ring substituents is 1. The number of nitrogens with one attached hydrogen (secondary N) is 1. The molecule has 0 aliphatic carbocycles. The van der Waals surface area contributed by atoms with Gasteiger partial charge < -0.3 is 10.2 Å². The van der Waals surface area contributed by atoms with Crippen LogP contribution < -0.4 is 5.32 Å². The van der Waals surface area contributed by atoms with Gasteiger partial charge in [-0.3, -0.25) is 14.9 Å². The molecule has 2 aliphatic heterocycles. The van der Waals surface area contributed by atoms with Crippen LogP contribution in [0.5, 0.6) is 0 Å². The number of likely N-dealkylation sites (tertiary alicyclic amines) is 1. The van der Waals surface area contributed by atoms with Gasteiger partial charge in [0.15, 0.2) is 0 Å². The highest BCUT2D eigenvalue weighted by molar-refractivity contribution is 5.96. The monoisotopic (exact) mass is 325 g/mol. The summed E-state index contributed by atoms with van der Waals surface area (Å²) < 4.78 is 0. The number of amides is 1. The maximum atomic E-state index is 12.6. The van der Waals surface area contributed by atoms with Gasteiger partial charge >= 0.3 is 0 Å². The van der Waals surface area contributed by atoms with E-state index in [0.29, 0.717) is 11.1 Å². The first-order valence-corrected chi connectivity index (χ1v) is 7.26. The molecule has 1 aromatic rings. The second-order valence-corrected chi connectivity index (χ2v) is 6.16. The van der Waals surface area contributed by atoms with Crippen LogP contribution in [-0.2, 0) is 0 Å². The summed E-state index contributed by atoms with van der Waals surface area (Å²) in [4.78, 5) is 24.8. The first kappa shape index (κ1) is 16.7. The molecule has 1 spiro atoms. The Morgan fingerprint density at radius 3 is 2.77 bits per heavy atom. The molecule has 0 radical (unpaired) electrons. The van der Waals surface area contributed by atoms with E-state index in [-0.39, 0.29) is 29.4 Å². The second-order valence-electron chi connectivity index (χ2n) is 6.16. The summed E-state index contributed by atoms with van der Waals surface area (Å²) >= 11 is 0. The van der Waals surface area contributed by atoms with Crippen molar-refractivity contribution in [1.82, 2.24) is 10.2 Å². The summed E-state index contributed by atoms with van der Waals surface area (Å²) in [5, 5.41) is 14.1. The molecule has 2 saturated heterocycles. The van der Waals surface area contributed by atoms with Crippen LogP contribution in [0, 0.1) is 22.5 Å². The molecule has 2 heterocycles. The van der Waals surface area contributed by atoms with E-state index in [1.54, 1.807) is 13.0 Å². The quantitative estimate of drug-likeness (QED) is 0.667. The molecule has 1 unspecified atom stereocenters. The predicted octanol–water partition coefficient (Wildman–Crippen LogP) is 2.15. The molecule has 0 saturated carbocycles. The summed E-state index contributed by atoms with van der Waals surface area (Å²) in [6.45, 7) is 5.32. The van der Waals surface area contributed by atoms with Gasteiger partial charge in [0.05, 0.1) is 4.92 Å². The van der Waals surface area contributed by atoms with E-state index >= 15 is 0 Å². The molecule has 3 rings (SSSR count). The lowest BCUT2D eigenvalue weighted by molar-refractivity contribution is -0.384. The van der Waals surface area contributed by atoms with E-state index in [9.17, 15) is 14.9 Å². The highest BCUT2D eigenvalue weighted by Gasteiger charge is 2.42. The van der Waals surface area contributed by atoms with E-state index in [1.807, 2.05) is 4.90 Å². The lowest BCUT2D eigenvalue weighted by atomic mass is 9.86. The van der Waals surface area contributed by atoms with E-state index in [0.717, 1.165) is 39.0 Å². The van der Waals surface area contributed by atoms with E-state index in [1.165, 1.54) is 12.1 Å². The minimum Gasteiger partial charge on any atom is -0.338 e. The molecule has 1 atom stereocenters. The lowest BCUT2D eigenvalue weighted by Crippen LogP contribution is -2.33. The molecule has 1 N–H and O–H groups in total. The summed E-state index contributed by atoms with van der Waals surface area (Å²) in [5.41, 5.74) is 1.51. The van der Waals surface area contributed by atoms with Crippen LogP contribution in [0.15, 0.2) is 18.2 Å². The third kappa shape index (κ3) is 2.94. The van der Waals surface area contributed by atoms with Crippen molar-refractivity contribution in [2.24, 2.45) is 5.41 Å². The van der Waals surface area contributed by atoms with Gasteiger partial charge in [-0.05, 0) is 37.9 Å².